The zero-order chi connectivity index (χ0) is 11.9. The fourth-order valence-corrected chi connectivity index (χ4v) is 2.42. The number of nitrogens with zero attached hydrogens (tertiary/aromatic N) is 1. The lowest BCUT2D eigenvalue weighted by atomic mass is 10.1. The first-order valence-electron chi connectivity index (χ1n) is 5.98. The normalized spacial score (nSPS) is 20.4. The summed E-state index contributed by atoms with van der Waals surface area (Å²) in [5.41, 5.74) is 0.615. The summed E-state index contributed by atoms with van der Waals surface area (Å²) in [5.74, 6) is -0.413. The Hall–Kier alpha value is -1.13. The van der Waals surface area contributed by atoms with Crippen LogP contribution in [0.25, 0.3) is 0 Å². The van der Waals surface area contributed by atoms with Crippen LogP contribution < -0.4 is 5.32 Å². The molecule has 1 N–H and O–H groups in total. The fraction of sp³-hybridized carbons (Fsp3) is 0.462. The van der Waals surface area contributed by atoms with Gasteiger partial charge in [-0.3, -0.25) is 4.79 Å². The maximum Gasteiger partial charge on any atom is 0.254 e. The van der Waals surface area contributed by atoms with Gasteiger partial charge in [0.1, 0.15) is 5.82 Å². The maximum atomic E-state index is 13.1. The molecule has 1 spiro atoms. The van der Waals surface area contributed by atoms with E-state index in [2.05, 4.69) is 5.32 Å². The van der Waals surface area contributed by atoms with E-state index >= 15 is 0 Å². The Morgan fingerprint density at radius 2 is 2.17 bits per heavy atom. The highest BCUT2D eigenvalue weighted by Crippen LogP contribution is 2.37. The molecule has 1 saturated carbocycles. The highest BCUT2D eigenvalue weighted by Gasteiger charge is 2.46. The van der Waals surface area contributed by atoms with Crippen molar-refractivity contribution in [3.63, 3.8) is 0 Å². The minimum Gasteiger partial charge on any atom is -0.336 e. The molecule has 5 heteroatoms. The number of hydrogen-bond acceptors (Lipinski definition) is 2. The second kappa shape index (κ2) is 4.86. The summed E-state index contributed by atoms with van der Waals surface area (Å²) < 4.78 is 13.1. The lowest BCUT2D eigenvalue weighted by Crippen LogP contribution is -2.54. The summed E-state index contributed by atoms with van der Waals surface area (Å²) in [6.07, 6.45) is 2.28. The van der Waals surface area contributed by atoms with Crippen molar-refractivity contribution in [2.24, 2.45) is 0 Å². The van der Waals surface area contributed by atoms with Crippen molar-refractivity contribution in [2.75, 3.05) is 19.6 Å². The molecule has 3 rings (SSSR count). The molecule has 0 bridgehead atoms. The van der Waals surface area contributed by atoms with Crippen LogP contribution in [-0.2, 0) is 0 Å². The molecule has 1 aliphatic heterocycles. The molecular formula is C13H16ClFN2O. The van der Waals surface area contributed by atoms with Crippen LogP contribution in [0.3, 0.4) is 0 Å². The highest BCUT2D eigenvalue weighted by atomic mass is 35.5. The summed E-state index contributed by atoms with van der Waals surface area (Å²) in [7, 11) is 0. The van der Waals surface area contributed by atoms with Gasteiger partial charge in [0.2, 0.25) is 0 Å². The minimum atomic E-state index is -0.355. The second-order valence-corrected chi connectivity index (χ2v) is 4.94. The smallest absolute Gasteiger partial charge is 0.254 e. The molecule has 1 aliphatic carbocycles. The lowest BCUT2D eigenvalue weighted by molar-refractivity contribution is 0.0691. The number of hydrogen-bond donors (Lipinski definition) is 1. The zero-order valence-electron chi connectivity index (χ0n) is 9.99. The topological polar surface area (TPSA) is 32.3 Å². The quantitative estimate of drug-likeness (QED) is 0.844. The molecule has 0 radical (unpaired) electrons. The summed E-state index contributed by atoms with van der Waals surface area (Å²) in [6.45, 7) is 2.29. The third-order valence-electron chi connectivity index (χ3n) is 3.59. The van der Waals surface area contributed by atoms with Crippen LogP contribution in [0.15, 0.2) is 24.3 Å². The van der Waals surface area contributed by atoms with Gasteiger partial charge in [-0.1, -0.05) is 6.07 Å². The summed E-state index contributed by atoms with van der Waals surface area (Å²) in [5, 5.41) is 3.45. The Balaban J connectivity index is 0.00000120. The average molecular weight is 271 g/mol. The molecule has 1 saturated heterocycles. The van der Waals surface area contributed by atoms with Crippen molar-refractivity contribution in [2.45, 2.75) is 18.4 Å². The van der Waals surface area contributed by atoms with Gasteiger partial charge < -0.3 is 10.2 Å². The third-order valence-corrected chi connectivity index (χ3v) is 3.59. The maximum absolute atomic E-state index is 13.1. The zero-order valence-corrected chi connectivity index (χ0v) is 10.8. The lowest BCUT2D eigenvalue weighted by Gasteiger charge is -2.34. The molecule has 2 aliphatic rings. The Labute approximate surface area is 112 Å². The van der Waals surface area contributed by atoms with E-state index in [9.17, 15) is 9.18 Å². The molecule has 2 fully saturated rings. The van der Waals surface area contributed by atoms with Crippen molar-refractivity contribution in [1.82, 2.24) is 10.2 Å². The van der Waals surface area contributed by atoms with E-state index in [0.717, 1.165) is 25.9 Å². The number of amides is 1. The molecule has 18 heavy (non-hydrogen) atoms. The largest absolute Gasteiger partial charge is 0.336 e. The SMILES string of the molecule is Cl.O=C(c1cccc(F)c1)N1CCNC2(CC2)C1. The van der Waals surface area contributed by atoms with E-state index in [-0.39, 0.29) is 29.7 Å². The Morgan fingerprint density at radius 1 is 1.39 bits per heavy atom. The van der Waals surface area contributed by atoms with Gasteiger partial charge in [-0.25, -0.2) is 4.39 Å². The molecular weight excluding hydrogens is 255 g/mol. The predicted molar refractivity (Wildman–Crippen MR) is 69.5 cm³/mol. The third kappa shape index (κ3) is 2.49. The van der Waals surface area contributed by atoms with Gasteiger partial charge in [-0.15, -0.1) is 12.4 Å². The first-order valence-corrected chi connectivity index (χ1v) is 5.98. The fourth-order valence-electron chi connectivity index (χ4n) is 2.42. The van der Waals surface area contributed by atoms with Crippen molar-refractivity contribution < 1.29 is 9.18 Å². The van der Waals surface area contributed by atoms with E-state index in [1.165, 1.54) is 12.1 Å². The summed E-state index contributed by atoms with van der Waals surface area (Å²) >= 11 is 0. The van der Waals surface area contributed by atoms with Crippen LogP contribution >= 0.6 is 12.4 Å². The van der Waals surface area contributed by atoms with E-state index in [1.807, 2.05) is 4.90 Å². The van der Waals surface area contributed by atoms with Crippen LogP contribution in [0.1, 0.15) is 23.2 Å². The number of piperazine rings is 1. The van der Waals surface area contributed by atoms with Crippen molar-refractivity contribution in [3.8, 4) is 0 Å². The van der Waals surface area contributed by atoms with E-state index in [4.69, 9.17) is 0 Å². The van der Waals surface area contributed by atoms with E-state index in [0.29, 0.717) is 12.1 Å². The molecule has 3 nitrogen and oxygen atoms in total. The van der Waals surface area contributed by atoms with Crippen molar-refractivity contribution >= 4 is 18.3 Å². The molecule has 98 valence electrons. The van der Waals surface area contributed by atoms with Crippen molar-refractivity contribution in [1.29, 1.82) is 0 Å². The molecule has 1 aromatic carbocycles. The average Bonchev–Trinajstić information content (AvgIpc) is 3.07. The number of nitrogens with one attached hydrogen (secondary N) is 1. The number of carbonyl (C=O) groups excluding carboxylic acids is 1. The molecule has 0 aromatic heterocycles. The van der Waals surface area contributed by atoms with Crippen molar-refractivity contribution in [3.05, 3.63) is 35.6 Å². The first-order chi connectivity index (χ1) is 8.19. The summed E-state index contributed by atoms with van der Waals surface area (Å²) in [4.78, 5) is 14.0. The Kier molecular flexibility index (Phi) is 3.59. The number of carbonyl (C=O) groups is 1. The van der Waals surface area contributed by atoms with Gasteiger partial charge in [-0.2, -0.15) is 0 Å². The van der Waals surface area contributed by atoms with E-state index in [1.54, 1.807) is 12.1 Å². The molecule has 1 heterocycles. The molecule has 0 unspecified atom stereocenters. The van der Waals surface area contributed by atoms with Gasteiger partial charge in [0.05, 0.1) is 0 Å². The number of rotatable bonds is 1. The second-order valence-electron chi connectivity index (χ2n) is 4.94. The Morgan fingerprint density at radius 3 is 2.83 bits per heavy atom. The number of halogens is 2. The Bertz CT molecular complexity index is 462. The molecule has 1 aromatic rings. The van der Waals surface area contributed by atoms with Crippen LogP contribution in [0.4, 0.5) is 4.39 Å². The van der Waals surface area contributed by atoms with Crippen LogP contribution in [0.5, 0.6) is 0 Å². The van der Waals surface area contributed by atoms with Gasteiger partial charge in [0.25, 0.3) is 5.91 Å². The van der Waals surface area contributed by atoms with Gasteiger partial charge in [-0.05, 0) is 31.0 Å². The van der Waals surface area contributed by atoms with Gasteiger partial charge >= 0.3 is 0 Å². The molecule has 1 amide bonds. The first kappa shape index (κ1) is 13.3. The standard InChI is InChI=1S/C13H15FN2O.ClH/c14-11-3-1-2-10(8-11)12(17)16-7-6-15-13(9-16)4-5-13;/h1-3,8,15H,4-7,9H2;1H. The number of benzene rings is 1. The highest BCUT2D eigenvalue weighted by molar-refractivity contribution is 5.94. The van der Waals surface area contributed by atoms with Gasteiger partial charge in [0, 0.05) is 30.7 Å². The van der Waals surface area contributed by atoms with Crippen LogP contribution in [0, 0.1) is 5.82 Å². The van der Waals surface area contributed by atoms with Gasteiger partial charge in [0.15, 0.2) is 0 Å². The molecule has 0 atom stereocenters. The van der Waals surface area contributed by atoms with Crippen LogP contribution in [0.2, 0.25) is 0 Å². The van der Waals surface area contributed by atoms with E-state index < -0.39 is 0 Å². The van der Waals surface area contributed by atoms with Crippen LogP contribution in [-0.4, -0.2) is 36.0 Å². The monoisotopic (exact) mass is 270 g/mol. The summed E-state index contributed by atoms with van der Waals surface area (Å²) in [6, 6.07) is 5.92. The minimum absolute atomic E-state index is 0. The predicted octanol–water partition coefficient (Wildman–Crippen LogP) is 1.83.